The summed E-state index contributed by atoms with van der Waals surface area (Å²) in [5.74, 6) is 6.41. The van der Waals surface area contributed by atoms with Gasteiger partial charge in [-0.15, -0.1) is 0 Å². The molecule has 0 aromatic rings. The highest BCUT2D eigenvalue weighted by molar-refractivity contribution is 5.09. The monoisotopic (exact) mass is 330 g/mol. The van der Waals surface area contributed by atoms with E-state index >= 15 is 0 Å². The van der Waals surface area contributed by atoms with Crippen molar-refractivity contribution in [2.75, 3.05) is 0 Å². The Morgan fingerprint density at radius 2 is 1.54 bits per heavy atom. The van der Waals surface area contributed by atoms with Gasteiger partial charge in [0.1, 0.15) is 0 Å². The molecular weight excluding hydrogens is 288 g/mol. The third-order valence-corrected chi connectivity index (χ3v) is 10.2. The number of fused-ring (bicyclic) bond motifs is 5. The van der Waals surface area contributed by atoms with E-state index in [9.17, 15) is 0 Å². The summed E-state index contributed by atoms with van der Waals surface area (Å²) in [5, 5.41) is 0. The molecule has 138 valence electrons. The minimum Gasteiger partial charge on any atom is -0.0654 e. The minimum absolute atomic E-state index is 0.707. The van der Waals surface area contributed by atoms with Gasteiger partial charge in [-0.25, -0.2) is 0 Å². The highest BCUT2D eigenvalue weighted by Crippen LogP contribution is 2.68. The van der Waals surface area contributed by atoms with Crippen molar-refractivity contribution in [3.8, 4) is 0 Å². The summed E-state index contributed by atoms with van der Waals surface area (Å²) in [7, 11) is 0. The molecule has 4 saturated carbocycles. The molecule has 7 unspecified atom stereocenters. The predicted molar refractivity (Wildman–Crippen MR) is 104 cm³/mol. The normalized spacial score (nSPS) is 54.0. The van der Waals surface area contributed by atoms with E-state index in [1.807, 2.05) is 0 Å². The minimum atomic E-state index is 0.707. The number of hydrogen-bond donors (Lipinski definition) is 0. The predicted octanol–water partition coefficient (Wildman–Crippen LogP) is 7.47. The first-order valence-corrected chi connectivity index (χ1v) is 11.5. The maximum absolute atomic E-state index is 2.74. The largest absolute Gasteiger partial charge is 0.0654 e. The van der Waals surface area contributed by atoms with Crippen LogP contribution in [0, 0.1) is 46.3 Å². The SMILES string of the molecule is CCCC1CCC2C3CCC4C[C@@H](CC)CCC4(C)C3CCC12C. The van der Waals surface area contributed by atoms with Gasteiger partial charge in [-0.1, -0.05) is 47.0 Å². The Hall–Kier alpha value is 0. The second kappa shape index (κ2) is 6.31. The fourth-order valence-corrected chi connectivity index (χ4v) is 8.65. The quantitative estimate of drug-likeness (QED) is 0.503. The lowest BCUT2D eigenvalue weighted by atomic mass is 9.44. The zero-order valence-corrected chi connectivity index (χ0v) is 16.9. The van der Waals surface area contributed by atoms with Crippen LogP contribution < -0.4 is 0 Å². The molecule has 0 aliphatic heterocycles. The molecule has 4 aliphatic carbocycles. The van der Waals surface area contributed by atoms with Crippen molar-refractivity contribution in [3.63, 3.8) is 0 Å². The first kappa shape index (κ1) is 17.4. The average Bonchev–Trinajstić information content (AvgIpc) is 2.91. The molecule has 24 heavy (non-hydrogen) atoms. The van der Waals surface area contributed by atoms with Gasteiger partial charge < -0.3 is 0 Å². The van der Waals surface area contributed by atoms with E-state index in [-0.39, 0.29) is 0 Å². The number of rotatable bonds is 3. The van der Waals surface area contributed by atoms with Crippen LogP contribution in [0.3, 0.4) is 0 Å². The summed E-state index contributed by atoms with van der Waals surface area (Å²) in [6, 6.07) is 0. The van der Waals surface area contributed by atoms with Crippen molar-refractivity contribution in [2.45, 2.75) is 105 Å². The Morgan fingerprint density at radius 3 is 2.29 bits per heavy atom. The van der Waals surface area contributed by atoms with Gasteiger partial charge in [0.25, 0.3) is 0 Å². The van der Waals surface area contributed by atoms with Crippen LogP contribution in [0.4, 0.5) is 0 Å². The van der Waals surface area contributed by atoms with Crippen molar-refractivity contribution < 1.29 is 0 Å². The Labute approximate surface area is 151 Å². The maximum Gasteiger partial charge on any atom is -0.0266 e. The molecular formula is C24H42. The molecule has 0 radical (unpaired) electrons. The molecule has 4 fully saturated rings. The lowest BCUT2D eigenvalue weighted by Gasteiger charge is -2.61. The molecule has 0 heterocycles. The Morgan fingerprint density at radius 1 is 0.792 bits per heavy atom. The first-order chi connectivity index (χ1) is 11.5. The summed E-state index contributed by atoms with van der Waals surface area (Å²) in [5.41, 5.74) is 1.42. The van der Waals surface area contributed by atoms with Crippen LogP contribution in [-0.4, -0.2) is 0 Å². The number of hydrogen-bond acceptors (Lipinski definition) is 0. The third kappa shape index (κ3) is 2.44. The summed E-state index contributed by atoms with van der Waals surface area (Å²) in [6.45, 7) is 10.3. The fraction of sp³-hybridized carbons (Fsp3) is 1.00. The van der Waals surface area contributed by atoms with Gasteiger partial charge in [0.2, 0.25) is 0 Å². The Bertz CT molecular complexity index is 453. The van der Waals surface area contributed by atoms with Crippen molar-refractivity contribution in [3.05, 3.63) is 0 Å². The lowest BCUT2D eigenvalue weighted by molar-refractivity contribution is -0.118. The molecule has 0 aromatic carbocycles. The van der Waals surface area contributed by atoms with Crippen LogP contribution in [0.15, 0.2) is 0 Å². The van der Waals surface area contributed by atoms with Crippen molar-refractivity contribution in [1.29, 1.82) is 0 Å². The molecule has 0 spiro atoms. The molecule has 4 rings (SSSR count). The maximum atomic E-state index is 2.74. The lowest BCUT2D eigenvalue weighted by Crippen LogP contribution is -2.53. The zero-order valence-electron chi connectivity index (χ0n) is 16.9. The van der Waals surface area contributed by atoms with Gasteiger partial charge >= 0.3 is 0 Å². The zero-order chi connectivity index (χ0) is 16.9. The van der Waals surface area contributed by atoms with E-state index in [4.69, 9.17) is 0 Å². The molecule has 4 aliphatic rings. The Kier molecular flexibility index (Phi) is 4.58. The standard InChI is InChI=1S/C24H42/c1-5-7-18-9-11-21-20-10-8-19-16-17(6-2)12-14-24(19,4)22(20)13-15-23(18,21)3/h17-22H,5-16H2,1-4H3/t17-,18?,19?,20?,21?,22?,23?,24?/m0/s1. The molecule has 8 atom stereocenters. The molecule has 0 N–H and O–H groups in total. The van der Waals surface area contributed by atoms with E-state index in [0.29, 0.717) is 10.8 Å². The van der Waals surface area contributed by atoms with Crippen LogP contribution in [0.5, 0.6) is 0 Å². The van der Waals surface area contributed by atoms with Crippen molar-refractivity contribution in [1.82, 2.24) is 0 Å². The van der Waals surface area contributed by atoms with Crippen LogP contribution in [0.1, 0.15) is 105 Å². The molecule has 0 heteroatoms. The van der Waals surface area contributed by atoms with E-state index in [0.717, 1.165) is 35.5 Å². The summed E-state index contributed by atoms with van der Waals surface area (Å²) in [6.07, 6.45) is 18.4. The summed E-state index contributed by atoms with van der Waals surface area (Å²) >= 11 is 0. The smallest absolute Gasteiger partial charge is 0.0266 e. The van der Waals surface area contributed by atoms with Gasteiger partial charge in [0.15, 0.2) is 0 Å². The van der Waals surface area contributed by atoms with E-state index in [1.165, 1.54) is 25.7 Å². The highest BCUT2D eigenvalue weighted by Gasteiger charge is 2.59. The highest BCUT2D eigenvalue weighted by atomic mass is 14.6. The van der Waals surface area contributed by atoms with E-state index < -0.39 is 0 Å². The summed E-state index contributed by atoms with van der Waals surface area (Å²) < 4.78 is 0. The van der Waals surface area contributed by atoms with Gasteiger partial charge in [-0.3, -0.25) is 0 Å². The molecule has 0 saturated heterocycles. The van der Waals surface area contributed by atoms with Gasteiger partial charge in [0, 0.05) is 0 Å². The van der Waals surface area contributed by atoms with Crippen molar-refractivity contribution >= 4 is 0 Å². The Balaban J connectivity index is 1.55. The van der Waals surface area contributed by atoms with Crippen LogP contribution >= 0.6 is 0 Å². The van der Waals surface area contributed by atoms with Crippen LogP contribution in [0.2, 0.25) is 0 Å². The van der Waals surface area contributed by atoms with E-state index in [1.54, 1.807) is 51.4 Å². The topological polar surface area (TPSA) is 0 Å². The molecule has 0 amide bonds. The van der Waals surface area contributed by atoms with Gasteiger partial charge in [-0.05, 0) is 104 Å². The molecule has 0 bridgehead atoms. The average molecular weight is 331 g/mol. The van der Waals surface area contributed by atoms with Crippen molar-refractivity contribution in [2.24, 2.45) is 46.3 Å². The fourth-order valence-electron chi connectivity index (χ4n) is 8.65. The van der Waals surface area contributed by atoms with Gasteiger partial charge in [0.05, 0.1) is 0 Å². The molecule has 0 nitrogen and oxygen atoms in total. The summed E-state index contributed by atoms with van der Waals surface area (Å²) in [4.78, 5) is 0. The van der Waals surface area contributed by atoms with Gasteiger partial charge in [-0.2, -0.15) is 0 Å². The van der Waals surface area contributed by atoms with Crippen LogP contribution in [0.25, 0.3) is 0 Å². The second-order valence-corrected chi connectivity index (χ2v) is 10.8. The molecule has 0 aromatic heterocycles. The first-order valence-electron chi connectivity index (χ1n) is 11.5. The second-order valence-electron chi connectivity index (χ2n) is 10.8. The van der Waals surface area contributed by atoms with E-state index in [2.05, 4.69) is 27.7 Å². The third-order valence-electron chi connectivity index (χ3n) is 10.2. The van der Waals surface area contributed by atoms with Crippen LogP contribution in [-0.2, 0) is 0 Å².